The molecule has 0 amide bonds. The highest BCUT2D eigenvalue weighted by Gasteiger charge is 2.44. The predicted octanol–water partition coefficient (Wildman–Crippen LogP) is 3.31. The topological polar surface area (TPSA) is 4.93 Å². The molecule has 1 rings (SSSR count). The summed E-state index contributed by atoms with van der Waals surface area (Å²) in [4.78, 5) is 0. The molecule has 1 aromatic heterocycles. The smallest absolute Gasteiger partial charge is 0.168 e. The van der Waals surface area contributed by atoms with Crippen molar-refractivity contribution in [2.75, 3.05) is 0 Å². The molecule has 0 atom stereocenters. The lowest BCUT2D eigenvalue weighted by Gasteiger charge is -2.44. The summed E-state index contributed by atoms with van der Waals surface area (Å²) in [6, 6.07) is 2.02. The van der Waals surface area contributed by atoms with Crippen molar-refractivity contribution in [3.05, 3.63) is 18.5 Å². The standard InChI is InChI=1S/C13H24BNSi/c1-10(2)16(11(3)4,12(5)6)15-8-7-13(14)9-15/h7-12H,1-6H3. The van der Waals surface area contributed by atoms with Crippen LogP contribution in [0.3, 0.4) is 0 Å². The lowest BCUT2D eigenvalue weighted by atomic mass is 10.0. The van der Waals surface area contributed by atoms with Gasteiger partial charge in [-0.05, 0) is 29.0 Å². The van der Waals surface area contributed by atoms with Crippen LogP contribution in [0.4, 0.5) is 0 Å². The molecule has 0 unspecified atom stereocenters. The molecule has 0 aliphatic heterocycles. The molecule has 0 bridgehead atoms. The van der Waals surface area contributed by atoms with Gasteiger partial charge in [0.25, 0.3) is 0 Å². The zero-order valence-electron chi connectivity index (χ0n) is 11.5. The molecule has 16 heavy (non-hydrogen) atoms. The summed E-state index contributed by atoms with van der Waals surface area (Å²) in [6.45, 7) is 14.2. The van der Waals surface area contributed by atoms with Gasteiger partial charge >= 0.3 is 0 Å². The van der Waals surface area contributed by atoms with Crippen LogP contribution in [0.1, 0.15) is 41.5 Å². The lowest BCUT2D eigenvalue weighted by Crippen LogP contribution is -2.51. The predicted molar refractivity (Wildman–Crippen MR) is 76.3 cm³/mol. The molecule has 0 N–H and O–H groups in total. The van der Waals surface area contributed by atoms with Gasteiger partial charge in [-0.1, -0.05) is 53.1 Å². The summed E-state index contributed by atoms with van der Waals surface area (Å²) in [6.07, 6.45) is 4.31. The van der Waals surface area contributed by atoms with Crippen LogP contribution in [-0.4, -0.2) is 20.3 Å². The van der Waals surface area contributed by atoms with Crippen LogP contribution in [0.15, 0.2) is 18.5 Å². The minimum atomic E-state index is -1.55. The molecule has 2 radical (unpaired) electrons. The monoisotopic (exact) mass is 233 g/mol. The van der Waals surface area contributed by atoms with Crippen molar-refractivity contribution in [2.24, 2.45) is 0 Å². The average molecular weight is 233 g/mol. The van der Waals surface area contributed by atoms with Crippen molar-refractivity contribution in [1.29, 1.82) is 0 Å². The fourth-order valence-electron chi connectivity index (χ4n) is 3.55. The summed E-state index contributed by atoms with van der Waals surface area (Å²) in [7, 11) is 4.33. The Kier molecular flexibility index (Phi) is 4.11. The van der Waals surface area contributed by atoms with E-state index in [1.165, 1.54) is 0 Å². The van der Waals surface area contributed by atoms with Crippen molar-refractivity contribution in [2.45, 2.75) is 58.2 Å². The molecular formula is C13H24BNSi. The first-order valence-electron chi connectivity index (χ1n) is 6.27. The summed E-state index contributed by atoms with van der Waals surface area (Å²) < 4.78 is 2.46. The molecule has 0 fully saturated rings. The minimum Gasteiger partial charge on any atom is -0.380 e. The van der Waals surface area contributed by atoms with E-state index in [9.17, 15) is 0 Å². The summed E-state index contributed by atoms with van der Waals surface area (Å²) in [5.41, 5.74) is 3.05. The minimum absolute atomic E-state index is 0.722. The van der Waals surface area contributed by atoms with Gasteiger partial charge in [0.15, 0.2) is 8.24 Å². The summed E-state index contributed by atoms with van der Waals surface area (Å²) in [5.74, 6) is 0. The SMILES string of the molecule is [B]c1ccn([Si](C(C)C)(C(C)C)C(C)C)c1. The van der Waals surface area contributed by atoms with Gasteiger partial charge in [-0.3, -0.25) is 0 Å². The van der Waals surface area contributed by atoms with E-state index in [2.05, 4.69) is 58.2 Å². The Balaban J connectivity index is 3.33. The second-order valence-corrected chi connectivity index (χ2v) is 11.5. The van der Waals surface area contributed by atoms with Crippen LogP contribution in [0.25, 0.3) is 0 Å². The van der Waals surface area contributed by atoms with Crippen molar-refractivity contribution < 1.29 is 0 Å². The summed E-state index contributed by atoms with van der Waals surface area (Å²) >= 11 is 0. The maximum Gasteiger partial charge on any atom is 0.168 e. The highest BCUT2D eigenvalue weighted by atomic mass is 28.3. The lowest BCUT2D eigenvalue weighted by molar-refractivity contribution is 0.766. The first-order valence-corrected chi connectivity index (χ1v) is 8.45. The van der Waals surface area contributed by atoms with Gasteiger partial charge in [-0.2, -0.15) is 0 Å². The second kappa shape index (κ2) is 4.82. The Morgan fingerprint density at radius 2 is 1.44 bits per heavy atom. The molecule has 0 aliphatic rings. The Morgan fingerprint density at radius 3 is 1.69 bits per heavy atom. The molecule has 0 spiro atoms. The van der Waals surface area contributed by atoms with Gasteiger partial charge in [0.1, 0.15) is 7.85 Å². The first kappa shape index (κ1) is 13.6. The Bertz CT molecular complexity index is 320. The Morgan fingerprint density at radius 1 is 1.00 bits per heavy atom. The van der Waals surface area contributed by atoms with Gasteiger partial charge in [-0.25, -0.2) is 0 Å². The highest BCUT2D eigenvalue weighted by molar-refractivity contribution is 6.82. The molecule has 88 valence electrons. The Hall–Kier alpha value is -0.438. The van der Waals surface area contributed by atoms with E-state index in [1.807, 2.05) is 6.07 Å². The molecule has 1 aromatic rings. The molecule has 0 saturated carbocycles. The van der Waals surface area contributed by atoms with Crippen LogP contribution in [0, 0.1) is 0 Å². The van der Waals surface area contributed by atoms with Crippen LogP contribution in [0.5, 0.6) is 0 Å². The van der Waals surface area contributed by atoms with Crippen molar-refractivity contribution in [3.8, 4) is 0 Å². The van der Waals surface area contributed by atoms with E-state index < -0.39 is 8.24 Å². The molecule has 0 aliphatic carbocycles. The van der Waals surface area contributed by atoms with E-state index in [1.54, 1.807) is 0 Å². The van der Waals surface area contributed by atoms with Gasteiger partial charge in [0.2, 0.25) is 0 Å². The van der Waals surface area contributed by atoms with Crippen LogP contribution in [-0.2, 0) is 0 Å². The highest BCUT2D eigenvalue weighted by Crippen LogP contribution is 2.42. The molecular weight excluding hydrogens is 209 g/mol. The zero-order chi connectivity index (χ0) is 12.5. The fraction of sp³-hybridized carbons (Fsp3) is 0.692. The van der Waals surface area contributed by atoms with Crippen molar-refractivity contribution in [1.82, 2.24) is 4.23 Å². The third-order valence-corrected chi connectivity index (χ3v) is 10.7. The zero-order valence-corrected chi connectivity index (χ0v) is 12.5. The molecule has 0 aromatic carbocycles. The third kappa shape index (κ3) is 2.02. The Labute approximate surface area is 103 Å². The molecule has 1 nitrogen and oxygen atoms in total. The number of hydrogen-bond donors (Lipinski definition) is 0. The second-order valence-electron chi connectivity index (χ2n) is 5.70. The van der Waals surface area contributed by atoms with E-state index in [-0.39, 0.29) is 0 Å². The average Bonchev–Trinajstić information content (AvgIpc) is 2.50. The number of hydrogen-bond acceptors (Lipinski definition) is 0. The van der Waals surface area contributed by atoms with Gasteiger partial charge in [0, 0.05) is 0 Å². The van der Waals surface area contributed by atoms with E-state index in [4.69, 9.17) is 7.85 Å². The number of aromatic nitrogens is 1. The van der Waals surface area contributed by atoms with Crippen molar-refractivity contribution >= 4 is 21.5 Å². The van der Waals surface area contributed by atoms with Gasteiger partial charge in [-0.15, -0.1) is 0 Å². The largest absolute Gasteiger partial charge is 0.380 e. The van der Waals surface area contributed by atoms with E-state index >= 15 is 0 Å². The number of rotatable bonds is 4. The van der Waals surface area contributed by atoms with Crippen LogP contribution < -0.4 is 5.46 Å². The van der Waals surface area contributed by atoms with Crippen molar-refractivity contribution in [3.63, 3.8) is 0 Å². The molecule has 1 heterocycles. The van der Waals surface area contributed by atoms with Crippen LogP contribution >= 0.6 is 0 Å². The number of nitrogens with zero attached hydrogens (tertiary/aromatic N) is 1. The fourth-order valence-corrected chi connectivity index (χ4v) is 10.0. The third-order valence-electron chi connectivity index (χ3n) is 3.94. The maximum atomic E-state index is 5.88. The van der Waals surface area contributed by atoms with E-state index in [0.717, 1.165) is 22.1 Å². The first-order chi connectivity index (χ1) is 7.33. The van der Waals surface area contributed by atoms with Crippen LogP contribution in [0.2, 0.25) is 16.6 Å². The summed E-state index contributed by atoms with van der Waals surface area (Å²) in [5, 5.41) is 0. The quantitative estimate of drug-likeness (QED) is 0.703. The molecule has 3 heteroatoms. The van der Waals surface area contributed by atoms with Gasteiger partial charge in [0.05, 0.1) is 0 Å². The maximum absolute atomic E-state index is 5.88. The molecule has 0 saturated heterocycles. The van der Waals surface area contributed by atoms with E-state index in [0.29, 0.717) is 0 Å². The normalized spacial score (nSPS) is 13.1. The van der Waals surface area contributed by atoms with Gasteiger partial charge < -0.3 is 4.23 Å².